The van der Waals surface area contributed by atoms with Crippen LogP contribution in [0, 0.1) is 16.7 Å². The number of nitrogens with zero attached hydrogens (tertiary/aromatic N) is 1. The Kier molecular flexibility index (Phi) is 5.91. The van der Waals surface area contributed by atoms with E-state index in [0.717, 1.165) is 11.3 Å². The van der Waals surface area contributed by atoms with Gasteiger partial charge in [0.15, 0.2) is 5.12 Å². The number of hydrogen-bond donors (Lipinski definition) is 0. The average Bonchev–Trinajstić information content (AvgIpc) is 2.76. The Morgan fingerprint density at radius 3 is 2.18 bits per heavy atom. The largest absolute Gasteiger partial charge is 0.314 e. The van der Waals surface area contributed by atoms with Gasteiger partial charge in [-0.2, -0.15) is 0 Å². The maximum Gasteiger partial charge on any atom is 0.237 e. The first-order valence-corrected chi connectivity index (χ1v) is 11.0. The Hall–Kier alpha value is -1.29. The second kappa shape index (κ2) is 7.19. The number of anilines is 1. The van der Waals surface area contributed by atoms with Crippen molar-refractivity contribution in [2.45, 2.75) is 78.9 Å². The number of likely N-dealkylation sites (N-methyl/N-ethyl adjacent to an activating group) is 1. The lowest BCUT2D eigenvalue weighted by Gasteiger charge is -2.53. The van der Waals surface area contributed by atoms with Crippen LogP contribution in [-0.4, -0.2) is 22.8 Å². The fourth-order valence-electron chi connectivity index (χ4n) is 4.23. The van der Waals surface area contributed by atoms with E-state index in [1.54, 1.807) is 11.9 Å². The van der Waals surface area contributed by atoms with Crippen LogP contribution in [-0.2, 0) is 15.0 Å². The van der Waals surface area contributed by atoms with Gasteiger partial charge in [0.1, 0.15) is 0 Å². The van der Waals surface area contributed by atoms with Crippen molar-refractivity contribution in [3.63, 3.8) is 0 Å². The van der Waals surface area contributed by atoms with Crippen molar-refractivity contribution < 1.29 is 9.59 Å². The van der Waals surface area contributed by atoms with E-state index >= 15 is 0 Å². The lowest BCUT2D eigenvalue weighted by molar-refractivity contribution is -0.125. The number of carbonyl (C=O) groups is 2. The molecule has 0 bridgehead atoms. The summed E-state index contributed by atoms with van der Waals surface area (Å²) in [5.74, 6) is 0.495. The number of fused-ring (bicyclic) bond motifs is 1. The highest BCUT2D eigenvalue weighted by Gasteiger charge is 2.52. The van der Waals surface area contributed by atoms with E-state index in [0.29, 0.717) is 5.92 Å². The monoisotopic (exact) mass is 403 g/mol. The number of benzene rings is 1. The molecule has 1 aliphatic heterocycles. The summed E-state index contributed by atoms with van der Waals surface area (Å²) in [4.78, 5) is 27.9. The molecule has 1 aromatic rings. The van der Waals surface area contributed by atoms with E-state index in [1.807, 2.05) is 31.2 Å². The van der Waals surface area contributed by atoms with E-state index in [-0.39, 0.29) is 33.0 Å². The molecule has 0 fully saturated rings. The molecule has 0 unspecified atom stereocenters. The molecule has 1 heterocycles. The molecule has 4 heteroatoms. The molecule has 3 nitrogen and oxygen atoms in total. The van der Waals surface area contributed by atoms with Crippen molar-refractivity contribution >= 4 is 28.5 Å². The summed E-state index contributed by atoms with van der Waals surface area (Å²) in [5.41, 5.74) is 1.06. The number of amides is 1. The number of carbonyl (C=O) groups excluding carboxylic acids is 2. The Labute approximate surface area is 175 Å². The van der Waals surface area contributed by atoms with Crippen molar-refractivity contribution in [1.29, 1.82) is 0 Å². The summed E-state index contributed by atoms with van der Waals surface area (Å²) in [5, 5.41) is 0.0820. The molecular weight excluding hydrogens is 366 g/mol. The molecule has 1 aromatic carbocycles. The van der Waals surface area contributed by atoms with Crippen LogP contribution in [0.4, 0.5) is 5.69 Å². The van der Waals surface area contributed by atoms with Crippen LogP contribution in [0.25, 0.3) is 0 Å². The first-order chi connectivity index (χ1) is 12.6. The van der Waals surface area contributed by atoms with Crippen molar-refractivity contribution in [2.24, 2.45) is 16.7 Å². The molecule has 0 aromatic heterocycles. The molecule has 0 spiro atoms. The van der Waals surface area contributed by atoms with Gasteiger partial charge < -0.3 is 4.90 Å². The Bertz CT molecular complexity index is 779. The molecule has 0 saturated carbocycles. The van der Waals surface area contributed by atoms with Gasteiger partial charge in [0.05, 0.1) is 5.41 Å². The number of thioether (sulfide) groups is 1. The molecule has 0 saturated heterocycles. The summed E-state index contributed by atoms with van der Waals surface area (Å²) < 4.78 is -0.263. The fourth-order valence-corrected chi connectivity index (χ4v) is 5.68. The number of hydrogen-bond acceptors (Lipinski definition) is 3. The molecule has 0 aliphatic carbocycles. The van der Waals surface area contributed by atoms with Gasteiger partial charge in [-0.25, -0.2) is 0 Å². The van der Waals surface area contributed by atoms with E-state index in [4.69, 9.17) is 0 Å². The molecular formula is C24H37NO2S. The third-order valence-corrected chi connectivity index (χ3v) is 9.46. The minimum atomic E-state index is -0.788. The van der Waals surface area contributed by atoms with Gasteiger partial charge in [0.2, 0.25) is 5.91 Å². The highest BCUT2D eigenvalue weighted by molar-refractivity contribution is 8.14. The number of rotatable bonds is 6. The topological polar surface area (TPSA) is 37.4 Å². The van der Waals surface area contributed by atoms with E-state index in [1.165, 1.54) is 11.8 Å². The first kappa shape index (κ1) is 23.0. The smallest absolute Gasteiger partial charge is 0.237 e. The van der Waals surface area contributed by atoms with Gasteiger partial charge in [-0.1, -0.05) is 71.5 Å². The van der Waals surface area contributed by atoms with Crippen molar-refractivity contribution in [3.8, 4) is 0 Å². The molecule has 28 heavy (non-hydrogen) atoms. The third-order valence-electron chi connectivity index (χ3n) is 8.06. The zero-order valence-electron chi connectivity index (χ0n) is 19.3. The van der Waals surface area contributed by atoms with Gasteiger partial charge in [-0.05, 0) is 49.1 Å². The van der Waals surface area contributed by atoms with E-state index in [9.17, 15) is 9.59 Å². The van der Waals surface area contributed by atoms with Crippen molar-refractivity contribution in [2.75, 3.05) is 11.9 Å². The second-order valence-corrected chi connectivity index (χ2v) is 12.1. The summed E-state index contributed by atoms with van der Waals surface area (Å²) in [6, 6.07) is 7.81. The lowest BCUT2D eigenvalue weighted by atomic mass is 9.57. The van der Waals surface area contributed by atoms with Gasteiger partial charge in [0.25, 0.3) is 0 Å². The van der Waals surface area contributed by atoms with Gasteiger partial charge in [0, 0.05) is 23.9 Å². The fraction of sp³-hybridized carbons (Fsp3) is 0.667. The molecule has 1 aliphatic rings. The lowest BCUT2D eigenvalue weighted by Crippen LogP contribution is -2.50. The molecule has 1 atom stereocenters. The zero-order valence-corrected chi connectivity index (χ0v) is 20.1. The van der Waals surface area contributed by atoms with Crippen molar-refractivity contribution in [3.05, 3.63) is 29.8 Å². The normalized spacial score (nSPS) is 20.7. The predicted octanol–water partition coefficient (Wildman–Crippen LogP) is 6.06. The maximum absolute atomic E-state index is 13.2. The Balaban J connectivity index is 2.28. The van der Waals surface area contributed by atoms with Gasteiger partial charge in [-0.15, -0.1) is 0 Å². The van der Waals surface area contributed by atoms with Gasteiger partial charge >= 0.3 is 0 Å². The molecule has 156 valence electrons. The van der Waals surface area contributed by atoms with Crippen LogP contribution in [0.3, 0.4) is 0 Å². The molecule has 0 radical (unpaired) electrons. The average molecular weight is 404 g/mol. The molecule has 1 amide bonds. The highest BCUT2D eigenvalue weighted by atomic mass is 32.2. The first-order valence-electron chi connectivity index (χ1n) is 10.2. The van der Waals surface area contributed by atoms with Crippen molar-refractivity contribution in [1.82, 2.24) is 0 Å². The minimum Gasteiger partial charge on any atom is -0.314 e. The van der Waals surface area contributed by atoms with Crippen LogP contribution in [0.5, 0.6) is 0 Å². The standard InChI is InChI=1S/C24H37NO2S/c1-16(2)21(3,4)22(5,6)23(7,8)28-19(26)15-24(9)17-13-11-12-14-18(17)25(10)20(24)27/h11-14,16H,15H2,1-10H3/t24-/m0/s1. The molecule has 0 N–H and O–H groups in total. The van der Waals surface area contributed by atoms with E-state index < -0.39 is 5.41 Å². The summed E-state index contributed by atoms with van der Waals surface area (Å²) in [6.45, 7) is 19.8. The summed E-state index contributed by atoms with van der Waals surface area (Å²) in [6.07, 6.45) is 0.222. The quantitative estimate of drug-likeness (QED) is 0.579. The third kappa shape index (κ3) is 3.42. The zero-order chi connectivity index (χ0) is 21.7. The summed E-state index contributed by atoms with van der Waals surface area (Å²) >= 11 is 1.41. The maximum atomic E-state index is 13.2. The minimum absolute atomic E-state index is 0.00206. The molecule has 2 rings (SSSR count). The van der Waals surface area contributed by atoms with E-state index in [2.05, 4.69) is 55.4 Å². The predicted molar refractivity (Wildman–Crippen MR) is 121 cm³/mol. The Morgan fingerprint density at radius 2 is 1.64 bits per heavy atom. The van der Waals surface area contributed by atoms with Crippen LogP contribution in [0.15, 0.2) is 24.3 Å². The summed E-state index contributed by atoms with van der Waals surface area (Å²) in [7, 11) is 1.79. The SMILES string of the molecule is CC(C)C(C)(C)C(C)(C)C(C)(C)SC(=O)C[C@]1(C)C(=O)N(C)c2ccccc21. The van der Waals surface area contributed by atoms with Crippen LogP contribution in [0.2, 0.25) is 0 Å². The Morgan fingerprint density at radius 1 is 1.11 bits per heavy atom. The number of para-hydroxylation sites is 1. The van der Waals surface area contributed by atoms with Crippen LogP contribution < -0.4 is 4.90 Å². The van der Waals surface area contributed by atoms with Gasteiger partial charge in [-0.3, -0.25) is 9.59 Å². The van der Waals surface area contributed by atoms with Crippen LogP contribution in [0.1, 0.15) is 74.3 Å². The second-order valence-electron chi connectivity index (χ2n) is 10.4. The highest BCUT2D eigenvalue weighted by Crippen LogP contribution is 2.56. The van der Waals surface area contributed by atoms with Crippen LogP contribution >= 0.6 is 11.8 Å².